The van der Waals surface area contributed by atoms with Crippen molar-refractivity contribution in [2.45, 2.75) is 78.4 Å². The van der Waals surface area contributed by atoms with Gasteiger partial charge in [-0.1, -0.05) is 27.2 Å². The van der Waals surface area contributed by atoms with E-state index in [0.717, 1.165) is 25.9 Å². The van der Waals surface area contributed by atoms with Crippen molar-refractivity contribution >= 4 is 0 Å². The van der Waals surface area contributed by atoms with E-state index in [4.69, 9.17) is 0 Å². The zero-order valence-electron chi connectivity index (χ0n) is 12.4. The molecule has 0 aromatic rings. The molecule has 0 amide bonds. The summed E-state index contributed by atoms with van der Waals surface area (Å²) < 4.78 is 0. The topological polar surface area (TPSA) is 23.5 Å². The summed E-state index contributed by atoms with van der Waals surface area (Å²) in [6.45, 7) is 13.5. The molecule has 0 bridgehead atoms. The Morgan fingerprint density at radius 1 is 1.06 bits per heavy atom. The van der Waals surface area contributed by atoms with Gasteiger partial charge >= 0.3 is 0 Å². The van der Waals surface area contributed by atoms with Crippen LogP contribution in [0, 0.1) is 5.41 Å². The first-order valence-corrected chi connectivity index (χ1v) is 7.16. The van der Waals surface area contributed by atoms with Gasteiger partial charge in [0.1, 0.15) is 0 Å². The van der Waals surface area contributed by atoms with E-state index in [9.17, 15) is 5.11 Å². The second-order valence-electron chi connectivity index (χ2n) is 7.32. The Kier molecular flexibility index (Phi) is 5.03. The van der Waals surface area contributed by atoms with Crippen LogP contribution >= 0.6 is 0 Å². The lowest BCUT2D eigenvalue weighted by atomic mass is 9.86. The maximum absolute atomic E-state index is 10.4. The van der Waals surface area contributed by atoms with Crippen molar-refractivity contribution in [2.24, 2.45) is 5.41 Å². The van der Waals surface area contributed by atoms with Gasteiger partial charge in [-0.15, -0.1) is 0 Å². The van der Waals surface area contributed by atoms with Crippen molar-refractivity contribution in [1.29, 1.82) is 0 Å². The molecule has 2 nitrogen and oxygen atoms in total. The number of hydrogen-bond acceptors (Lipinski definition) is 2. The average Bonchev–Trinajstić information content (AvgIpc) is 2.68. The van der Waals surface area contributed by atoms with Gasteiger partial charge in [0.2, 0.25) is 0 Å². The maximum Gasteiger partial charge on any atom is 0.0718 e. The smallest absolute Gasteiger partial charge is 0.0718 e. The summed E-state index contributed by atoms with van der Waals surface area (Å²) in [4.78, 5) is 2.45. The molecule has 17 heavy (non-hydrogen) atoms. The van der Waals surface area contributed by atoms with E-state index in [2.05, 4.69) is 39.5 Å². The second-order valence-corrected chi connectivity index (χ2v) is 7.32. The van der Waals surface area contributed by atoms with Crippen molar-refractivity contribution in [2.75, 3.05) is 13.1 Å². The van der Waals surface area contributed by atoms with Gasteiger partial charge in [0.25, 0.3) is 0 Å². The maximum atomic E-state index is 10.4. The normalized spacial score (nSPS) is 20.8. The van der Waals surface area contributed by atoms with Crippen LogP contribution in [0.5, 0.6) is 0 Å². The molecule has 102 valence electrons. The fourth-order valence-corrected chi connectivity index (χ4v) is 2.68. The molecule has 0 aliphatic carbocycles. The number of nitrogens with zero attached hydrogens (tertiary/aromatic N) is 1. The Hall–Kier alpha value is -0.0800. The number of aliphatic hydroxyl groups is 1. The lowest BCUT2D eigenvalue weighted by Gasteiger charge is -2.39. The third kappa shape index (κ3) is 4.59. The summed E-state index contributed by atoms with van der Waals surface area (Å²) in [6, 6.07) is 0. The summed E-state index contributed by atoms with van der Waals surface area (Å²) in [5.74, 6) is 0. The molecule has 1 heterocycles. The van der Waals surface area contributed by atoms with Crippen LogP contribution in [0.1, 0.15) is 66.7 Å². The van der Waals surface area contributed by atoms with Gasteiger partial charge in [0.15, 0.2) is 0 Å². The Labute approximate surface area is 107 Å². The molecule has 0 saturated carbocycles. The SMILES string of the molecule is CC(C)(C)CCCC(O)C(C)(C)N1CCCC1. The lowest BCUT2D eigenvalue weighted by molar-refractivity contribution is -0.00427. The van der Waals surface area contributed by atoms with Crippen molar-refractivity contribution < 1.29 is 5.11 Å². The summed E-state index contributed by atoms with van der Waals surface area (Å²) >= 11 is 0. The summed E-state index contributed by atoms with van der Waals surface area (Å²) in [5.41, 5.74) is 0.339. The quantitative estimate of drug-likeness (QED) is 0.797. The molecule has 1 N–H and O–H groups in total. The molecule has 1 atom stereocenters. The fourth-order valence-electron chi connectivity index (χ4n) is 2.68. The highest BCUT2D eigenvalue weighted by molar-refractivity contribution is 4.91. The molecule has 2 heteroatoms. The van der Waals surface area contributed by atoms with Crippen LogP contribution in [0.15, 0.2) is 0 Å². The molecular weight excluding hydrogens is 210 g/mol. The van der Waals surface area contributed by atoms with Crippen LogP contribution in [-0.2, 0) is 0 Å². The molecule has 0 aromatic carbocycles. The van der Waals surface area contributed by atoms with Crippen molar-refractivity contribution in [1.82, 2.24) is 4.90 Å². The van der Waals surface area contributed by atoms with Gasteiger partial charge < -0.3 is 5.11 Å². The van der Waals surface area contributed by atoms with Crippen molar-refractivity contribution in [3.8, 4) is 0 Å². The van der Waals surface area contributed by atoms with Crippen LogP contribution in [-0.4, -0.2) is 34.7 Å². The molecule has 1 unspecified atom stereocenters. The zero-order valence-corrected chi connectivity index (χ0v) is 12.4. The van der Waals surface area contributed by atoms with Gasteiger partial charge in [-0.25, -0.2) is 0 Å². The van der Waals surface area contributed by atoms with Gasteiger partial charge in [-0.05, 0) is 58.0 Å². The monoisotopic (exact) mass is 241 g/mol. The van der Waals surface area contributed by atoms with E-state index < -0.39 is 0 Å². The lowest BCUT2D eigenvalue weighted by Crippen LogP contribution is -2.51. The van der Waals surface area contributed by atoms with E-state index in [1.165, 1.54) is 19.3 Å². The average molecular weight is 241 g/mol. The first-order chi connectivity index (χ1) is 7.73. The summed E-state index contributed by atoms with van der Waals surface area (Å²) in [6.07, 6.45) is 5.64. The largest absolute Gasteiger partial charge is 0.391 e. The molecule has 0 radical (unpaired) electrons. The Morgan fingerprint density at radius 3 is 2.06 bits per heavy atom. The molecule has 1 rings (SSSR count). The number of hydrogen-bond donors (Lipinski definition) is 1. The first-order valence-electron chi connectivity index (χ1n) is 7.16. The van der Waals surface area contributed by atoms with Crippen molar-refractivity contribution in [3.05, 3.63) is 0 Å². The Balaban J connectivity index is 2.37. The van der Waals surface area contributed by atoms with E-state index in [-0.39, 0.29) is 11.6 Å². The molecule has 1 aliphatic rings. The predicted octanol–water partition coefficient (Wildman–Crippen LogP) is 3.44. The van der Waals surface area contributed by atoms with E-state index in [1.807, 2.05) is 0 Å². The predicted molar refractivity (Wildman–Crippen MR) is 74.2 cm³/mol. The van der Waals surface area contributed by atoms with Gasteiger partial charge in [-0.2, -0.15) is 0 Å². The first kappa shape index (κ1) is 15.0. The standard InChI is InChI=1S/C15H31NO/c1-14(2,3)10-8-9-13(17)15(4,5)16-11-6-7-12-16/h13,17H,6-12H2,1-5H3. The third-order valence-electron chi connectivity index (χ3n) is 4.14. The third-order valence-corrected chi connectivity index (χ3v) is 4.14. The molecule has 1 aliphatic heterocycles. The van der Waals surface area contributed by atoms with Crippen LogP contribution < -0.4 is 0 Å². The highest BCUT2D eigenvalue weighted by Gasteiger charge is 2.35. The minimum Gasteiger partial charge on any atom is -0.391 e. The highest BCUT2D eigenvalue weighted by atomic mass is 16.3. The summed E-state index contributed by atoms with van der Waals surface area (Å²) in [5, 5.41) is 10.4. The highest BCUT2D eigenvalue weighted by Crippen LogP contribution is 2.28. The van der Waals surface area contributed by atoms with Crippen molar-refractivity contribution in [3.63, 3.8) is 0 Å². The molecule has 1 saturated heterocycles. The summed E-state index contributed by atoms with van der Waals surface area (Å²) in [7, 11) is 0. The molecular formula is C15H31NO. The Morgan fingerprint density at radius 2 is 1.59 bits per heavy atom. The minimum absolute atomic E-state index is 0.0472. The van der Waals surface area contributed by atoms with Gasteiger partial charge in [-0.3, -0.25) is 4.90 Å². The van der Waals surface area contributed by atoms with E-state index in [0.29, 0.717) is 5.41 Å². The Bertz CT molecular complexity index is 224. The molecule has 0 spiro atoms. The minimum atomic E-state index is -0.192. The van der Waals surface area contributed by atoms with Crippen LogP contribution in [0.4, 0.5) is 0 Å². The van der Waals surface area contributed by atoms with E-state index in [1.54, 1.807) is 0 Å². The second kappa shape index (κ2) is 5.71. The van der Waals surface area contributed by atoms with Gasteiger partial charge in [0, 0.05) is 5.54 Å². The van der Waals surface area contributed by atoms with Crippen LogP contribution in [0.2, 0.25) is 0 Å². The molecule has 0 aromatic heterocycles. The van der Waals surface area contributed by atoms with Crippen LogP contribution in [0.3, 0.4) is 0 Å². The van der Waals surface area contributed by atoms with E-state index >= 15 is 0 Å². The zero-order chi connectivity index (χ0) is 13.1. The number of likely N-dealkylation sites (tertiary alicyclic amines) is 1. The number of aliphatic hydroxyl groups excluding tert-OH is 1. The van der Waals surface area contributed by atoms with Gasteiger partial charge in [0.05, 0.1) is 6.10 Å². The van der Waals surface area contributed by atoms with Crippen LogP contribution in [0.25, 0.3) is 0 Å². The molecule has 1 fully saturated rings. The number of rotatable bonds is 5. The fraction of sp³-hybridized carbons (Fsp3) is 1.00.